The highest BCUT2D eigenvalue weighted by molar-refractivity contribution is 7.03. The van der Waals surface area contributed by atoms with Gasteiger partial charge in [0.1, 0.15) is 0 Å². The van der Waals surface area contributed by atoms with Crippen molar-refractivity contribution in [2.45, 2.75) is 100 Å². The minimum atomic E-state index is 0.0626. The summed E-state index contributed by atoms with van der Waals surface area (Å²) in [5.74, 6) is 0. The Morgan fingerprint density at radius 1 is 0.638 bits per heavy atom. The summed E-state index contributed by atoms with van der Waals surface area (Å²) in [7, 11) is 0. The first-order valence-electron chi connectivity index (χ1n) is 18.1. The molecule has 0 atom stereocenters. The lowest BCUT2D eigenvalue weighted by Gasteiger charge is -2.39. The maximum Gasteiger partial charge on any atom is 0.250 e. The van der Waals surface area contributed by atoms with Crippen molar-refractivity contribution in [2.24, 2.45) is 0 Å². The van der Waals surface area contributed by atoms with Crippen molar-refractivity contribution < 1.29 is 0 Å². The third kappa shape index (κ3) is 3.57. The van der Waals surface area contributed by atoms with Gasteiger partial charge in [-0.2, -0.15) is 0 Å². The van der Waals surface area contributed by atoms with Crippen molar-refractivity contribution in [2.75, 3.05) is 0 Å². The predicted octanol–water partition coefficient (Wildman–Crippen LogP) is 10.9. The van der Waals surface area contributed by atoms with Crippen LogP contribution in [0.5, 0.6) is 0 Å². The molecule has 1 nitrogen and oxygen atoms in total. The number of nitrogens with zero attached hydrogens (tertiary/aromatic N) is 1. The second-order valence-electron chi connectivity index (χ2n) is 15.7. The van der Waals surface area contributed by atoms with Crippen LogP contribution in [0.15, 0.2) is 60.7 Å². The van der Waals surface area contributed by atoms with Gasteiger partial charge < -0.3 is 4.40 Å². The Kier molecular flexibility index (Phi) is 6.29. The number of aromatic nitrogens is 1. The lowest BCUT2D eigenvalue weighted by atomic mass is 9.29. The van der Waals surface area contributed by atoms with Crippen molar-refractivity contribution in [3.63, 3.8) is 0 Å². The molecule has 2 aromatic heterocycles. The molecule has 0 bridgehead atoms. The first kappa shape index (κ1) is 30.3. The molecule has 5 heterocycles. The molecule has 0 N–H and O–H groups in total. The van der Waals surface area contributed by atoms with E-state index in [2.05, 4.69) is 120 Å². The molecule has 0 spiro atoms. The predicted molar refractivity (Wildman–Crippen MR) is 211 cm³/mol. The molecule has 10 rings (SSSR count). The maximum atomic E-state index is 2.70. The van der Waals surface area contributed by atoms with Gasteiger partial charge in [-0.15, -0.1) is 0 Å². The molecule has 7 aromatic rings. The molecule has 0 radical (unpaired) electrons. The van der Waals surface area contributed by atoms with Gasteiger partial charge in [-0.1, -0.05) is 118 Å². The molecule has 0 aliphatic carbocycles. The Balaban J connectivity index is 0.000000783. The van der Waals surface area contributed by atoms with E-state index in [-0.39, 0.29) is 17.5 Å². The molecule has 0 saturated heterocycles. The molecule has 3 aliphatic heterocycles. The van der Waals surface area contributed by atoms with Crippen molar-refractivity contribution in [3.05, 3.63) is 88.5 Å². The molecule has 47 heavy (non-hydrogen) atoms. The van der Waals surface area contributed by atoms with E-state index < -0.39 is 0 Å². The first-order chi connectivity index (χ1) is 22.5. The average molecular weight is 614 g/mol. The zero-order chi connectivity index (χ0) is 33.5. The summed E-state index contributed by atoms with van der Waals surface area (Å²) < 4.78 is 2.70. The fraction of sp³-hybridized carbons (Fsp3) is 0.333. The second-order valence-corrected chi connectivity index (χ2v) is 15.7. The number of hydrogen-bond donors (Lipinski definition) is 0. The Morgan fingerprint density at radius 3 is 1.85 bits per heavy atom. The van der Waals surface area contributed by atoms with Crippen LogP contribution in [0.3, 0.4) is 0 Å². The highest BCUT2D eigenvalue weighted by atomic mass is 14.9. The number of rotatable bonds is 1. The van der Waals surface area contributed by atoms with Crippen molar-refractivity contribution >= 4 is 77.5 Å². The van der Waals surface area contributed by atoms with Gasteiger partial charge >= 0.3 is 0 Å². The van der Waals surface area contributed by atoms with Crippen LogP contribution in [0.2, 0.25) is 0 Å². The summed E-state index contributed by atoms with van der Waals surface area (Å²) >= 11 is 0. The van der Waals surface area contributed by atoms with Crippen molar-refractivity contribution in [3.8, 4) is 11.1 Å². The van der Waals surface area contributed by atoms with Crippen LogP contribution < -0.4 is 16.4 Å². The minimum Gasteiger partial charge on any atom is -0.309 e. The van der Waals surface area contributed by atoms with E-state index in [0.717, 1.165) is 6.42 Å². The monoisotopic (exact) mass is 613 g/mol. The molecule has 0 saturated carbocycles. The number of fused-ring (bicyclic) bond motifs is 3. The van der Waals surface area contributed by atoms with E-state index in [1.807, 2.05) is 27.7 Å². The second kappa shape index (κ2) is 9.76. The van der Waals surface area contributed by atoms with Gasteiger partial charge in [0.2, 0.25) is 6.71 Å². The first-order valence-corrected chi connectivity index (χ1v) is 18.1. The van der Waals surface area contributed by atoms with Gasteiger partial charge in [-0.05, 0) is 115 Å². The summed E-state index contributed by atoms with van der Waals surface area (Å²) in [4.78, 5) is 0. The topological polar surface area (TPSA) is 4.41 Å². The fourth-order valence-corrected chi connectivity index (χ4v) is 9.23. The number of aryl methyl sites for hydroxylation is 1. The van der Waals surface area contributed by atoms with E-state index in [0.29, 0.717) is 0 Å². The zero-order valence-electron chi connectivity index (χ0n) is 30.5. The molecular weight excluding hydrogens is 565 g/mol. The fourth-order valence-electron chi connectivity index (χ4n) is 9.23. The van der Waals surface area contributed by atoms with Gasteiger partial charge in [-0.25, -0.2) is 0 Å². The third-order valence-electron chi connectivity index (χ3n) is 11.1. The SMILES string of the molecule is CC.CC.CC/C=C1/c2cc(C(C)(C)C)cc3c2B2c4c1c(C)cc1c5cc(C(C)(C)C)cc6c7cc8cccc-3c8c2c7n(c41)c56. The largest absolute Gasteiger partial charge is 0.309 e. The number of benzene rings is 5. The Hall–Kier alpha value is -4.04. The maximum absolute atomic E-state index is 2.70. The van der Waals surface area contributed by atoms with Crippen LogP contribution in [0.4, 0.5) is 0 Å². The molecule has 2 heteroatoms. The standard InChI is InChI=1S/C41H36BN.2C2H6/c1-9-11-24-26-16-22(40(3,4)5)17-27-25-13-10-12-21-15-29-31-19-23(41(6,7)8)18-30-28-14-20(2)32(24)35-38(28)43(37(30)31)39(29)36(33(21)25)42(35)34(26)27;2*1-2/h10-19H,9H2,1-8H3;2*1-2H3/b24-11-;;. The van der Waals surface area contributed by atoms with Crippen LogP contribution in [0.25, 0.3) is 65.6 Å². The van der Waals surface area contributed by atoms with E-state index in [4.69, 9.17) is 0 Å². The summed E-state index contributed by atoms with van der Waals surface area (Å²) in [5, 5.41) is 8.54. The molecule has 236 valence electrons. The summed E-state index contributed by atoms with van der Waals surface area (Å²) in [6.07, 6.45) is 3.54. The van der Waals surface area contributed by atoms with E-state index in [1.165, 1.54) is 98.8 Å². The van der Waals surface area contributed by atoms with Crippen molar-refractivity contribution in [1.82, 2.24) is 4.40 Å². The van der Waals surface area contributed by atoms with Crippen molar-refractivity contribution in [1.29, 1.82) is 0 Å². The smallest absolute Gasteiger partial charge is 0.250 e. The molecular formula is C45H48BN. The number of allylic oxidation sites excluding steroid dienone is 1. The summed E-state index contributed by atoms with van der Waals surface area (Å²) in [6.45, 7) is 27.1. The van der Waals surface area contributed by atoms with E-state index in [1.54, 1.807) is 10.9 Å². The highest BCUT2D eigenvalue weighted by Gasteiger charge is 2.46. The van der Waals surface area contributed by atoms with Crippen LogP contribution >= 0.6 is 0 Å². The summed E-state index contributed by atoms with van der Waals surface area (Å²) in [6, 6.07) is 22.2. The highest BCUT2D eigenvalue weighted by Crippen LogP contribution is 2.49. The van der Waals surface area contributed by atoms with Crippen LogP contribution in [-0.4, -0.2) is 11.1 Å². The summed E-state index contributed by atoms with van der Waals surface area (Å²) in [5.41, 5.74) is 20.6. The quantitative estimate of drug-likeness (QED) is 0.162. The third-order valence-corrected chi connectivity index (χ3v) is 11.1. The van der Waals surface area contributed by atoms with Gasteiger partial charge in [0, 0.05) is 21.5 Å². The molecule has 0 amide bonds. The number of hydrogen-bond acceptors (Lipinski definition) is 0. The zero-order valence-corrected chi connectivity index (χ0v) is 30.5. The Bertz CT molecular complexity index is 2500. The van der Waals surface area contributed by atoms with E-state index >= 15 is 0 Å². The van der Waals surface area contributed by atoms with Crippen LogP contribution in [-0.2, 0) is 10.8 Å². The normalized spacial score (nSPS) is 14.9. The van der Waals surface area contributed by atoms with Gasteiger partial charge in [0.15, 0.2) is 0 Å². The Morgan fingerprint density at radius 2 is 1.21 bits per heavy atom. The minimum absolute atomic E-state index is 0.0626. The lowest BCUT2D eigenvalue weighted by molar-refractivity contribution is 0.590. The Labute approximate surface area is 281 Å². The van der Waals surface area contributed by atoms with Gasteiger partial charge in [-0.3, -0.25) is 0 Å². The lowest BCUT2D eigenvalue weighted by Crippen LogP contribution is -2.61. The van der Waals surface area contributed by atoms with Gasteiger partial charge in [0.25, 0.3) is 0 Å². The molecule has 5 aromatic carbocycles. The van der Waals surface area contributed by atoms with Gasteiger partial charge in [0.05, 0.1) is 16.6 Å². The average Bonchev–Trinajstić information content (AvgIpc) is 3.56. The van der Waals surface area contributed by atoms with E-state index in [9.17, 15) is 0 Å². The molecule has 3 aliphatic rings. The van der Waals surface area contributed by atoms with Crippen LogP contribution in [0, 0.1) is 6.92 Å². The molecule has 0 fully saturated rings. The molecule has 0 unspecified atom stereocenters. The van der Waals surface area contributed by atoms with Crippen LogP contribution in [0.1, 0.15) is 110 Å².